The van der Waals surface area contributed by atoms with Gasteiger partial charge in [-0.2, -0.15) is 10.1 Å². The van der Waals surface area contributed by atoms with Crippen LogP contribution in [0, 0.1) is 11.8 Å². The minimum absolute atomic E-state index is 0.142. The fourth-order valence-electron chi connectivity index (χ4n) is 10.4. The van der Waals surface area contributed by atoms with Gasteiger partial charge in [0.1, 0.15) is 0 Å². The van der Waals surface area contributed by atoms with Gasteiger partial charge in [-0.25, -0.2) is 4.94 Å². The third-order valence-electron chi connectivity index (χ3n) is 10.5. The lowest BCUT2D eigenvalue weighted by atomic mass is 9.66. The lowest BCUT2D eigenvalue weighted by molar-refractivity contribution is -0.465. The van der Waals surface area contributed by atoms with E-state index in [-0.39, 0.29) is 22.2 Å². The maximum absolute atomic E-state index is 7.98. The number of hydrogen-bond donors (Lipinski definition) is 0. The molecule has 0 N–H and O–H groups in total. The van der Waals surface area contributed by atoms with Crippen LogP contribution in [0.4, 0.5) is 0 Å². The molecule has 3 nitrogen and oxygen atoms in total. The van der Waals surface area contributed by atoms with Crippen LogP contribution < -0.4 is 0 Å². The highest BCUT2D eigenvalue weighted by Crippen LogP contribution is 2.55. The zero-order valence-electron chi connectivity index (χ0n) is 28.6. The van der Waals surface area contributed by atoms with Crippen molar-refractivity contribution in [2.75, 3.05) is 0 Å². The van der Waals surface area contributed by atoms with Crippen LogP contribution in [0.15, 0.2) is 0 Å². The summed E-state index contributed by atoms with van der Waals surface area (Å²) in [5.74, 6) is 1.52. The zero-order valence-corrected chi connectivity index (χ0v) is 28.6. The molecule has 39 heavy (non-hydrogen) atoms. The largest absolute Gasteiger partial charge is 0.206 e. The third-order valence-corrected chi connectivity index (χ3v) is 10.5. The molecule has 0 spiro atoms. The van der Waals surface area contributed by atoms with Gasteiger partial charge in [-0.1, -0.05) is 121 Å². The summed E-state index contributed by atoms with van der Waals surface area (Å²) in [4.78, 5) is 7.98. The Morgan fingerprint density at radius 1 is 0.410 bits per heavy atom. The molecule has 0 aliphatic carbocycles. The smallest absolute Gasteiger partial charge is 0.0490 e. The number of hydrogen-bond acceptors (Lipinski definition) is 3. The Labute approximate surface area is 246 Å². The van der Waals surface area contributed by atoms with Crippen molar-refractivity contribution in [3.05, 3.63) is 0 Å². The monoisotopic (exact) mass is 549 g/mol. The van der Waals surface area contributed by atoms with Gasteiger partial charge in [0.15, 0.2) is 0 Å². The molecule has 232 valence electrons. The van der Waals surface area contributed by atoms with Gasteiger partial charge in [0.05, 0.1) is 0 Å². The quantitative estimate of drug-likeness (QED) is 0.169. The van der Waals surface area contributed by atoms with Gasteiger partial charge in [0.25, 0.3) is 0 Å². The average Bonchev–Trinajstić information content (AvgIpc) is 2.84. The van der Waals surface area contributed by atoms with E-state index in [1.165, 1.54) is 128 Å². The Hall–Kier alpha value is -0.120. The van der Waals surface area contributed by atoms with Gasteiger partial charge < -0.3 is 0 Å². The lowest BCUT2D eigenvalue weighted by Crippen LogP contribution is -2.72. The summed E-state index contributed by atoms with van der Waals surface area (Å²) in [6.07, 6.45) is 25.1. The Bertz CT molecular complexity index is 543. The van der Waals surface area contributed by atoms with Crippen molar-refractivity contribution in [3.63, 3.8) is 0 Å². The topological polar surface area (TPSA) is 15.7 Å². The average molecular weight is 549 g/mol. The molecule has 0 aromatic heterocycles. The minimum Gasteiger partial charge on any atom is -0.206 e. The van der Waals surface area contributed by atoms with Crippen LogP contribution in [0.2, 0.25) is 0 Å². The molecule has 0 atom stereocenters. The summed E-state index contributed by atoms with van der Waals surface area (Å²) in [6.45, 7) is 24.4. The summed E-state index contributed by atoms with van der Waals surface area (Å²) in [6, 6.07) is 0. The standard InChI is InChI=1S/C36H72N2O/c1-11-19-33(20-12-2)27-31(9)28-34(21-13-3,22-14-4)37(33)39-38-35(23-15-5,24-16-6)29-32(10)30-36(38,25-17-7)26-18-8/h31-32H,11-30H2,1-10H3. The van der Waals surface area contributed by atoms with E-state index in [0.717, 1.165) is 11.8 Å². The third kappa shape index (κ3) is 7.64. The summed E-state index contributed by atoms with van der Waals surface area (Å²) in [5.41, 5.74) is 0.567. The van der Waals surface area contributed by atoms with E-state index in [2.05, 4.69) is 79.4 Å². The van der Waals surface area contributed by atoms with E-state index < -0.39 is 0 Å². The van der Waals surface area contributed by atoms with Crippen LogP contribution in [0.25, 0.3) is 0 Å². The Kier molecular flexibility index (Phi) is 14.3. The molecule has 2 fully saturated rings. The summed E-state index contributed by atoms with van der Waals surface area (Å²) in [7, 11) is 0. The summed E-state index contributed by atoms with van der Waals surface area (Å²) in [5, 5.41) is 5.58. The van der Waals surface area contributed by atoms with Crippen molar-refractivity contribution >= 4 is 0 Å². The number of nitrogens with zero attached hydrogens (tertiary/aromatic N) is 2. The van der Waals surface area contributed by atoms with Crippen molar-refractivity contribution < 1.29 is 4.94 Å². The number of piperidine rings is 2. The van der Waals surface area contributed by atoms with Gasteiger partial charge in [-0.05, 0) is 88.9 Å². The molecular weight excluding hydrogens is 476 g/mol. The van der Waals surface area contributed by atoms with Crippen molar-refractivity contribution in [1.29, 1.82) is 0 Å². The van der Waals surface area contributed by atoms with Crippen LogP contribution in [0.1, 0.15) is 198 Å². The Balaban J connectivity index is 2.84. The first-order chi connectivity index (χ1) is 18.7. The Morgan fingerprint density at radius 2 is 0.590 bits per heavy atom. The number of hydroxylamine groups is 4. The summed E-state index contributed by atoms with van der Waals surface area (Å²) < 4.78 is 0. The molecule has 0 saturated carbocycles. The van der Waals surface area contributed by atoms with E-state index in [9.17, 15) is 0 Å². The molecule has 2 saturated heterocycles. The molecule has 2 aliphatic rings. The van der Waals surface area contributed by atoms with Crippen molar-refractivity contribution in [3.8, 4) is 0 Å². The van der Waals surface area contributed by atoms with E-state index in [0.29, 0.717) is 0 Å². The SMILES string of the molecule is CCCC1(CCC)CC(C)CC(CCC)(CCC)N1ON1C(CCC)(CCC)CC(C)CC1(CCC)CCC. The lowest BCUT2D eigenvalue weighted by Gasteiger charge is -2.65. The molecule has 2 rings (SSSR count). The van der Waals surface area contributed by atoms with Gasteiger partial charge in [0.2, 0.25) is 0 Å². The van der Waals surface area contributed by atoms with Crippen LogP contribution >= 0.6 is 0 Å². The van der Waals surface area contributed by atoms with Crippen molar-refractivity contribution in [2.24, 2.45) is 11.8 Å². The van der Waals surface area contributed by atoms with Crippen molar-refractivity contribution in [2.45, 2.75) is 220 Å². The predicted octanol–water partition coefficient (Wildman–Crippen LogP) is 11.7. The van der Waals surface area contributed by atoms with E-state index >= 15 is 0 Å². The molecule has 3 heteroatoms. The van der Waals surface area contributed by atoms with E-state index in [4.69, 9.17) is 4.94 Å². The molecule has 0 amide bonds. The fraction of sp³-hybridized carbons (Fsp3) is 1.00. The van der Waals surface area contributed by atoms with Gasteiger partial charge in [0, 0.05) is 22.2 Å². The minimum atomic E-state index is 0.142. The number of rotatable bonds is 18. The molecule has 2 aliphatic heterocycles. The molecule has 0 unspecified atom stereocenters. The van der Waals surface area contributed by atoms with Gasteiger partial charge in [-0.15, -0.1) is 0 Å². The zero-order chi connectivity index (χ0) is 29.2. The predicted molar refractivity (Wildman–Crippen MR) is 172 cm³/mol. The van der Waals surface area contributed by atoms with Crippen molar-refractivity contribution in [1.82, 2.24) is 10.1 Å². The second-order valence-electron chi connectivity index (χ2n) is 14.6. The molecule has 0 radical (unpaired) electrons. The fourth-order valence-corrected chi connectivity index (χ4v) is 10.4. The first-order valence-electron chi connectivity index (χ1n) is 17.9. The van der Waals surface area contributed by atoms with E-state index in [1.807, 2.05) is 0 Å². The maximum atomic E-state index is 7.98. The Morgan fingerprint density at radius 3 is 0.744 bits per heavy atom. The second kappa shape index (κ2) is 15.9. The van der Waals surface area contributed by atoms with E-state index in [1.54, 1.807) is 0 Å². The van der Waals surface area contributed by atoms with Crippen LogP contribution in [-0.4, -0.2) is 32.3 Å². The molecular formula is C36H72N2O. The van der Waals surface area contributed by atoms with Gasteiger partial charge >= 0.3 is 0 Å². The normalized spacial score (nSPS) is 23.8. The molecule has 0 aromatic carbocycles. The first kappa shape index (κ1) is 35.1. The van der Waals surface area contributed by atoms with Crippen LogP contribution in [-0.2, 0) is 4.94 Å². The first-order valence-corrected chi connectivity index (χ1v) is 17.9. The highest BCUT2D eigenvalue weighted by Gasteiger charge is 2.59. The molecule has 2 heterocycles. The molecule has 0 bridgehead atoms. The highest BCUT2D eigenvalue weighted by atomic mass is 16.8. The van der Waals surface area contributed by atoms with Crippen LogP contribution in [0.3, 0.4) is 0 Å². The second-order valence-corrected chi connectivity index (χ2v) is 14.6. The highest BCUT2D eigenvalue weighted by molar-refractivity contribution is 5.07. The van der Waals surface area contributed by atoms with Crippen LogP contribution in [0.5, 0.6) is 0 Å². The van der Waals surface area contributed by atoms with Gasteiger partial charge in [-0.3, -0.25) is 0 Å². The molecule has 0 aromatic rings. The summed E-state index contributed by atoms with van der Waals surface area (Å²) >= 11 is 0. The maximum Gasteiger partial charge on any atom is 0.0490 e.